The van der Waals surface area contributed by atoms with E-state index in [4.69, 9.17) is 4.42 Å². The minimum Gasteiger partial charge on any atom is -0.430 e. The molecule has 14 heteroatoms. The maximum absolute atomic E-state index is 13.6. The Morgan fingerprint density at radius 2 is 1.72 bits per heavy atom. The zero-order valence-electron chi connectivity index (χ0n) is 22.3. The second kappa shape index (κ2) is 12.2. The summed E-state index contributed by atoms with van der Waals surface area (Å²) < 4.78 is 72.9. The Bertz CT molecular complexity index is 1610. The van der Waals surface area contributed by atoms with Crippen molar-refractivity contribution in [3.05, 3.63) is 95.5 Å². The molecular weight excluding hydrogens is 577 g/mol. The van der Waals surface area contributed by atoms with Gasteiger partial charge in [0.15, 0.2) is 23.4 Å². The predicted molar refractivity (Wildman–Crippen MR) is 144 cm³/mol. The summed E-state index contributed by atoms with van der Waals surface area (Å²) in [6, 6.07) is 13.7. The molecule has 1 fully saturated rings. The summed E-state index contributed by atoms with van der Waals surface area (Å²) in [6.07, 6.45) is -4.81. The van der Waals surface area contributed by atoms with Gasteiger partial charge in [-0.25, -0.2) is 18.7 Å². The molecular formula is C29H24F5N5O4. The topological polar surface area (TPSA) is 112 Å². The first kappa shape index (κ1) is 29.6. The summed E-state index contributed by atoms with van der Waals surface area (Å²) in [5.74, 6) is -4.92. The van der Waals surface area contributed by atoms with E-state index in [1.807, 2.05) is 4.90 Å². The lowest BCUT2D eigenvalue weighted by Gasteiger charge is -2.25. The van der Waals surface area contributed by atoms with E-state index in [9.17, 15) is 36.6 Å². The lowest BCUT2D eigenvalue weighted by Crippen LogP contribution is -2.38. The number of hydrogen-bond acceptors (Lipinski definition) is 7. The van der Waals surface area contributed by atoms with E-state index in [0.717, 1.165) is 18.2 Å². The van der Waals surface area contributed by atoms with E-state index in [1.165, 1.54) is 29.3 Å². The molecule has 0 bridgehead atoms. The predicted octanol–water partition coefficient (Wildman–Crippen LogP) is 5.06. The number of oxazole rings is 1. The fourth-order valence-corrected chi connectivity index (χ4v) is 4.57. The molecule has 2 aromatic heterocycles. The van der Waals surface area contributed by atoms with Crippen LogP contribution < -0.4 is 10.2 Å². The Labute approximate surface area is 241 Å². The molecule has 1 atom stereocenters. The summed E-state index contributed by atoms with van der Waals surface area (Å²) in [4.78, 5) is 36.7. The Morgan fingerprint density at radius 1 is 0.953 bits per heavy atom. The van der Waals surface area contributed by atoms with Gasteiger partial charge in [-0.3, -0.25) is 9.59 Å². The van der Waals surface area contributed by atoms with Gasteiger partial charge in [-0.2, -0.15) is 13.2 Å². The lowest BCUT2D eigenvalue weighted by atomic mass is 10.1. The standard InChI is InChI=1S/C29H24F5N5O4/c30-20-9-7-18(15-21(20)31)23(40)28(42)39-12-4-11-38(13-14-39)22-10-8-19(16-35-22)36-26(41)24-25(29(32,33)34)37-27(43-24)17-5-2-1-3-6-17/h1-3,5-10,15-16,23,40H,4,11-14H2,(H,36,41)/t23-/m1/s1. The van der Waals surface area contributed by atoms with Crippen LogP contribution in [0.4, 0.5) is 33.5 Å². The number of nitrogens with zero attached hydrogens (tertiary/aromatic N) is 4. The minimum atomic E-state index is -4.93. The van der Waals surface area contributed by atoms with Gasteiger partial charge < -0.3 is 24.6 Å². The fourth-order valence-electron chi connectivity index (χ4n) is 4.57. The molecule has 2 aromatic carbocycles. The average molecular weight is 602 g/mol. The van der Waals surface area contributed by atoms with Gasteiger partial charge in [0.1, 0.15) is 5.82 Å². The third-order valence-electron chi connectivity index (χ3n) is 6.75. The molecule has 5 rings (SSSR count). The minimum absolute atomic E-state index is 0.0618. The van der Waals surface area contributed by atoms with Gasteiger partial charge in [-0.1, -0.05) is 24.3 Å². The van der Waals surface area contributed by atoms with Crippen LogP contribution in [0.25, 0.3) is 11.5 Å². The van der Waals surface area contributed by atoms with Gasteiger partial charge in [0.25, 0.3) is 11.8 Å². The van der Waals surface area contributed by atoms with Crippen LogP contribution in [0, 0.1) is 11.6 Å². The van der Waals surface area contributed by atoms with E-state index in [2.05, 4.69) is 15.3 Å². The molecule has 1 saturated heterocycles. The van der Waals surface area contributed by atoms with Crippen molar-refractivity contribution in [3.8, 4) is 11.5 Å². The van der Waals surface area contributed by atoms with Crippen molar-refractivity contribution in [2.45, 2.75) is 18.7 Å². The van der Waals surface area contributed by atoms with Crippen LogP contribution in [0.1, 0.15) is 34.3 Å². The zero-order valence-corrected chi connectivity index (χ0v) is 22.3. The largest absolute Gasteiger partial charge is 0.437 e. The Morgan fingerprint density at radius 3 is 2.40 bits per heavy atom. The molecule has 0 spiro atoms. The molecule has 0 radical (unpaired) electrons. The fraction of sp³-hybridized carbons (Fsp3) is 0.241. The number of nitrogens with one attached hydrogen (secondary N) is 1. The van der Waals surface area contributed by atoms with Crippen LogP contribution in [0.3, 0.4) is 0 Å². The summed E-state index contributed by atoms with van der Waals surface area (Å²) >= 11 is 0. The number of pyridine rings is 1. The number of anilines is 2. The monoisotopic (exact) mass is 601 g/mol. The molecule has 224 valence electrons. The van der Waals surface area contributed by atoms with Crippen molar-refractivity contribution in [2.24, 2.45) is 0 Å². The molecule has 3 heterocycles. The van der Waals surface area contributed by atoms with E-state index in [-0.39, 0.29) is 29.2 Å². The number of amides is 2. The number of benzene rings is 2. The number of hydrogen-bond donors (Lipinski definition) is 2. The highest BCUT2D eigenvalue weighted by Gasteiger charge is 2.41. The van der Waals surface area contributed by atoms with Crippen LogP contribution in [0.5, 0.6) is 0 Å². The van der Waals surface area contributed by atoms with Crippen LogP contribution in [-0.2, 0) is 11.0 Å². The van der Waals surface area contributed by atoms with E-state index in [1.54, 1.807) is 24.3 Å². The van der Waals surface area contributed by atoms with Gasteiger partial charge in [0.2, 0.25) is 11.7 Å². The third-order valence-corrected chi connectivity index (χ3v) is 6.75. The quantitative estimate of drug-likeness (QED) is 0.297. The molecule has 1 aliphatic rings. The number of carbonyl (C=O) groups excluding carboxylic acids is 2. The number of aromatic nitrogens is 2. The van der Waals surface area contributed by atoms with Gasteiger partial charge in [-0.15, -0.1) is 0 Å². The number of carbonyl (C=O) groups is 2. The molecule has 0 aliphatic carbocycles. The van der Waals surface area contributed by atoms with Gasteiger partial charge in [0.05, 0.1) is 11.9 Å². The Kier molecular flexibility index (Phi) is 8.39. The first-order valence-electron chi connectivity index (χ1n) is 13.1. The highest BCUT2D eigenvalue weighted by atomic mass is 19.4. The number of halogens is 5. The maximum atomic E-state index is 13.6. The van der Waals surface area contributed by atoms with E-state index < -0.39 is 47.2 Å². The number of aliphatic hydroxyl groups is 1. The van der Waals surface area contributed by atoms with Crippen LogP contribution >= 0.6 is 0 Å². The van der Waals surface area contributed by atoms with Gasteiger partial charge >= 0.3 is 6.18 Å². The highest BCUT2D eigenvalue weighted by Crippen LogP contribution is 2.35. The van der Waals surface area contributed by atoms with Crippen molar-refractivity contribution in [2.75, 3.05) is 36.4 Å². The molecule has 43 heavy (non-hydrogen) atoms. The summed E-state index contributed by atoms with van der Waals surface area (Å²) in [5, 5.41) is 12.8. The van der Waals surface area contributed by atoms with Crippen molar-refractivity contribution in [1.29, 1.82) is 0 Å². The third kappa shape index (κ3) is 6.64. The van der Waals surface area contributed by atoms with E-state index >= 15 is 0 Å². The summed E-state index contributed by atoms with van der Waals surface area (Å²) in [5.41, 5.74) is -1.13. The number of alkyl halides is 3. The molecule has 4 aromatic rings. The summed E-state index contributed by atoms with van der Waals surface area (Å²) in [7, 11) is 0. The van der Waals surface area contributed by atoms with Crippen LogP contribution in [0.15, 0.2) is 71.3 Å². The molecule has 0 unspecified atom stereocenters. The number of rotatable bonds is 6. The van der Waals surface area contributed by atoms with Gasteiger partial charge in [-0.05, 0) is 48.4 Å². The summed E-state index contributed by atoms with van der Waals surface area (Å²) in [6.45, 7) is 1.31. The molecule has 2 N–H and O–H groups in total. The lowest BCUT2D eigenvalue weighted by molar-refractivity contribution is -0.141. The molecule has 0 saturated carbocycles. The normalized spacial score (nSPS) is 14.7. The van der Waals surface area contributed by atoms with E-state index in [0.29, 0.717) is 31.9 Å². The number of aliphatic hydroxyl groups excluding tert-OH is 1. The van der Waals surface area contributed by atoms with Crippen LogP contribution in [0.2, 0.25) is 0 Å². The second-order valence-corrected chi connectivity index (χ2v) is 9.66. The second-order valence-electron chi connectivity index (χ2n) is 9.66. The van der Waals surface area contributed by atoms with Crippen molar-refractivity contribution < 1.29 is 41.1 Å². The first-order valence-corrected chi connectivity index (χ1v) is 13.1. The Hall–Kier alpha value is -4.85. The smallest absolute Gasteiger partial charge is 0.430 e. The van der Waals surface area contributed by atoms with Gasteiger partial charge in [0, 0.05) is 31.7 Å². The average Bonchev–Trinajstić information content (AvgIpc) is 3.32. The molecule has 9 nitrogen and oxygen atoms in total. The molecule has 2 amide bonds. The van der Waals surface area contributed by atoms with Crippen molar-refractivity contribution >= 4 is 23.3 Å². The van der Waals surface area contributed by atoms with Crippen molar-refractivity contribution in [3.63, 3.8) is 0 Å². The Balaban J connectivity index is 1.23. The van der Waals surface area contributed by atoms with Crippen LogP contribution in [-0.4, -0.2) is 58.0 Å². The highest BCUT2D eigenvalue weighted by molar-refractivity contribution is 6.03. The zero-order chi connectivity index (χ0) is 30.7. The molecule has 1 aliphatic heterocycles. The first-order chi connectivity index (χ1) is 20.5. The SMILES string of the molecule is O=C(Nc1ccc(N2CCCN(C(=O)[C@H](O)c3ccc(F)c(F)c3)CC2)nc1)c1oc(-c2ccccc2)nc1C(F)(F)F. The maximum Gasteiger partial charge on any atom is 0.437 e. The van der Waals surface area contributed by atoms with Crippen molar-refractivity contribution in [1.82, 2.24) is 14.9 Å².